The molecule has 4 unspecified atom stereocenters. The van der Waals surface area contributed by atoms with Gasteiger partial charge in [-0.2, -0.15) is 0 Å². The Labute approximate surface area is 122 Å². The van der Waals surface area contributed by atoms with Gasteiger partial charge in [-0.15, -0.1) is 0 Å². The van der Waals surface area contributed by atoms with E-state index >= 15 is 0 Å². The summed E-state index contributed by atoms with van der Waals surface area (Å²) in [5, 5.41) is 3.15. The Morgan fingerprint density at radius 2 is 2.10 bits per heavy atom. The molecule has 1 heterocycles. The lowest BCUT2D eigenvalue weighted by Gasteiger charge is -2.35. The molecule has 1 aliphatic carbocycles. The number of nitrogens with two attached hydrogens (primary N) is 1. The lowest BCUT2D eigenvalue weighted by atomic mass is 9.84. The molecular weight excluding hydrogens is 252 g/mol. The molecular formula is C16H30N2O2. The van der Waals surface area contributed by atoms with Gasteiger partial charge in [0.05, 0.1) is 6.10 Å². The summed E-state index contributed by atoms with van der Waals surface area (Å²) in [4.78, 5) is 12.3. The van der Waals surface area contributed by atoms with E-state index in [0.29, 0.717) is 11.8 Å². The minimum absolute atomic E-state index is 0.126. The van der Waals surface area contributed by atoms with E-state index in [1.807, 2.05) is 0 Å². The van der Waals surface area contributed by atoms with E-state index in [4.69, 9.17) is 10.5 Å². The number of carbonyl (C=O) groups is 1. The lowest BCUT2D eigenvalue weighted by molar-refractivity contribution is -0.127. The highest BCUT2D eigenvalue weighted by Crippen LogP contribution is 2.27. The molecule has 1 saturated carbocycles. The van der Waals surface area contributed by atoms with Crippen LogP contribution in [-0.4, -0.2) is 31.2 Å². The Kier molecular flexibility index (Phi) is 5.85. The topological polar surface area (TPSA) is 64.3 Å². The van der Waals surface area contributed by atoms with Crippen LogP contribution in [0.5, 0.6) is 0 Å². The number of hydrogen-bond donors (Lipinski definition) is 2. The Bertz CT molecular complexity index is 320. The zero-order valence-corrected chi connectivity index (χ0v) is 12.9. The van der Waals surface area contributed by atoms with E-state index in [2.05, 4.69) is 19.2 Å². The number of rotatable bonds is 4. The zero-order valence-electron chi connectivity index (χ0n) is 12.9. The number of ether oxygens (including phenoxy) is 1. The maximum atomic E-state index is 12.3. The van der Waals surface area contributed by atoms with E-state index < -0.39 is 0 Å². The second kappa shape index (κ2) is 7.41. The van der Waals surface area contributed by atoms with Crippen LogP contribution in [0, 0.1) is 17.8 Å². The molecule has 0 spiro atoms. The van der Waals surface area contributed by atoms with Crippen LogP contribution < -0.4 is 11.1 Å². The average Bonchev–Trinajstić information content (AvgIpc) is 2.45. The molecule has 4 atom stereocenters. The van der Waals surface area contributed by atoms with Crippen molar-refractivity contribution in [2.24, 2.45) is 23.5 Å². The summed E-state index contributed by atoms with van der Waals surface area (Å²) in [6, 6.07) is 0.209. The smallest absolute Gasteiger partial charge is 0.223 e. The number of amides is 1. The fourth-order valence-corrected chi connectivity index (χ4v) is 3.66. The predicted octanol–water partition coefficient (Wildman–Crippen LogP) is 2.07. The third kappa shape index (κ3) is 4.19. The van der Waals surface area contributed by atoms with E-state index in [1.54, 1.807) is 0 Å². The molecule has 0 radical (unpaired) electrons. The molecule has 2 fully saturated rings. The van der Waals surface area contributed by atoms with Gasteiger partial charge in [-0.1, -0.05) is 20.3 Å². The summed E-state index contributed by atoms with van der Waals surface area (Å²) >= 11 is 0. The Morgan fingerprint density at radius 1 is 1.30 bits per heavy atom. The molecule has 116 valence electrons. The van der Waals surface area contributed by atoms with E-state index in [9.17, 15) is 4.79 Å². The average molecular weight is 282 g/mol. The van der Waals surface area contributed by atoms with Gasteiger partial charge in [0.15, 0.2) is 0 Å². The van der Waals surface area contributed by atoms with Crippen molar-refractivity contribution >= 4 is 5.91 Å². The van der Waals surface area contributed by atoms with Crippen molar-refractivity contribution in [1.29, 1.82) is 0 Å². The summed E-state index contributed by atoms with van der Waals surface area (Å²) in [6.45, 7) is 6.02. The summed E-state index contributed by atoms with van der Waals surface area (Å²) in [7, 11) is 0. The van der Waals surface area contributed by atoms with Crippen molar-refractivity contribution in [3.8, 4) is 0 Å². The molecule has 2 aliphatic rings. The van der Waals surface area contributed by atoms with Gasteiger partial charge in [-0.3, -0.25) is 4.79 Å². The standard InChI is InChI=1S/C16H30N2O2/c1-11(2)15-13(6-4-8-20-15)10-18-16(19)12-5-3-7-14(17)9-12/h11-15H,3-10,17H2,1-2H3,(H,18,19). The first-order valence-corrected chi connectivity index (χ1v) is 8.22. The summed E-state index contributed by atoms with van der Waals surface area (Å²) in [5.74, 6) is 1.30. The summed E-state index contributed by atoms with van der Waals surface area (Å²) in [5.41, 5.74) is 5.96. The molecule has 0 aromatic carbocycles. The normalized spacial score (nSPS) is 35.0. The van der Waals surface area contributed by atoms with Crippen molar-refractivity contribution in [2.75, 3.05) is 13.2 Å². The highest BCUT2D eigenvalue weighted by atomic mass is 16.5. The molecule has 1 amide bonds. The molecule has 4 heteroatoms. The van der Waals surface area contributed by atoms with E-state index in [0.717, 1.165) is 51.7 Å². The van der Waals surface area contributed by atoms with Gasteiger partial charge in [-0.25, -0.2) is 0 Å². The van der Waals surface area contributed by atoms with Crippen LogP contribution in [0.15, 0.2) is 0 Å². The minimum atomic E-state index is 0.126. The number of carbonyl (C=O) groups excluding carboxylic acids is 1. The Balaban J connectivity index is 1.79. The zero-order chi connectivity index (χ0) is 14.5. The largest absolute Gasteiger partial charge is 0.378 e. The third-order valence-electron chi connectivity index (χ3n) is 4.78. The second-order valence-electron chi connectivity index (χ2n) is 6.85. The quantitative estimate of drug-likeness (QED) is 0.829. The van der Waals surface area contributed by atoms with Gasteiger partial charge in [0.1, 0.15) is 0 Å². The van der Waals surface area contributed by atoms with Crippen LogP contribution in [0.2, 0.25) is 0 Å². The van der Waals surface area contributed by atoms with Crippen molar-refractivity contribution < 1.29 is 9.53 Å². The number of nitrogens with one attached hydrogen (secondary N) is 1. The molecule has 1 saturated heterocycles. The highest BCUT2D eigenvalue weighted by Gasteiger charge is 2.30. The van der Waals surface area contributed by atoms with Crippen LogP contribution in [0.1, 0.15) is 52.4 Å². The van der Waals surface area contributed by atoms with Gasteiger partial charge in [0.2, 0.25) is 5.91 Å². The molecule has 20 heavy (non-hydrogen) atoms. The molecule has 3 N–H and O–H groups in total. The minimum Gasteiger partial charge on any atom is -0.378 e. The fraction of sp³-hybridized carbons (Fsp3) is 0.938. The van der Waals surface area contributed by atoms with E-state index in [-0.39, 0.29) is 24.0 Å². The second-order valence-corrected chi connectivity index (χ2v) is 6.85. The molecule has 0 aromatic heterocycles. The van der Waals surface area contributed by atoms with Crippen molar-refractivity contribution in [2.45, 2.75) is 64.5 Å². The number of hydrogen-bond acceptors (Lipinski definition) is 3. The van der Waals surface area contributed by atoms with Gasteiger partial charge >= 0.3 is 0 Å². The molecule has 4 nitrogen and oxygen atoms in total. The first-order valence-electron chi connectivity index (χ1n) is 8.22. The van der Waals surface area contributed by atoms with Crippen LogP contribution in [0.3, 0.4) is 0 Å². The highest BCUT2D eigenvalue weighted by molar-refractivity contribution is 5.78. The summed E-state index contributed by atoms with van der Waals surface area (Å²) in [6.07, 6.45) is 6.55. The lowest BCUT2D eigenvalue weighted by Crippen LogP contribution is -2.44. The van der Waals surface area contributed by atoms with Crippen LogP contribution >= 0.6 is 0 Å². The maximum absolute atomic E-state index is 12.3. The first kappa shape index (κ1) is 15.8. The van der Waals surface area contributed by atoms with Crippen molar-refractivity contribution in [3.05, 3.63) is 0 Å². The monoisotopic (exact) mass is 282 g/mol. The van der Waals surface area contributed by atoms with Crippen LogP contribution in [0.4, 0.5) is 0 Å². The van der Waals surface area contributed by atoms with Crippen molar-refractivity contribution in [1.82, 2.24) is 5.32 Å². The first-order chi connectivity index (χ1) is 9.58. The van der Waals surface area contributed by atoms with E-state index in [1.165, 1.54) is 0 Å². The molecule has 0 bridgehead atoms. The Hall–Kier alpha value is -0.610. The van der Waals surface area contributed by atoms with Gasteiger partial charge in [0.25, 0.3) is 0 Å². The summed E-state index contributed by atoms with van der Waals surface area (Å²) < 4.78 is 5.88. The van der Waals surface area contributed by atoms with Gasteiger partial charge in [-0.05, 0) is 38.0 Å². The fourth-order valence-electron chi connectivity index (χ4n) is 3.66. The van der Waals surface area contributed by atoms with Gasteiger partial charge < -0.3 is 15.8 Å². The van der Waals surface area contributed by atoms with Gasteiger partial charge in [0, 0.05) is 31.0 Å². The molecule has 1 aliphatic heterocycles. The van der Waals surface area contributed by atoms with Crippen LogP contribution in [-0.2, 0) is 9.53 Å². The van der Waals surface area contributed by atoms with Crippen molar-refractivity contribution in [3.63, 3.8) is 0 Å². The maximum Gasteiger partial charge on any atom is 0.223 e. The predicted molar refractivity (Wildman–Crippen MR) is 80.2 cm³/mol. The molecule has 2 rings (SSSR count). The Morgan fingerprint density at radius 3 is 2.80 bits per heavy atom. The SMILES string of the molecule is CC(C)C1OCCCC1CNC(=O)C1CCCC(N)C1. The third-order valence-corrected chi connectivity index (χ3v) is 4.78. The molecule has 0 aromatic rings. The van der Waals surface area contributed by atoms with Crippen LogP contribution in [0.25, 0.3) is 0 Å².